The van der Waals surface area contributed by atoms with Crippen LogP contribution in [0.3, 0.4) is 0 Å². The molecule has 0 fully saturated rings. The summed E-state index contributed by atoms with van der Waals surface area (Å²) in [6.45, 7) is 3.94. The Labute approximate surface area is 127 Å². The van der Waals surface area contributed by atoms with E-state index >= 15 is 0 Å². The molecular weight excluding hydrogens is 324 g/mol. The fourth-order valence-corrected chi connectivity index (χ4v) is 2.45. The van der Waals surface area contributed by atoms with Gasteiger partial charge < -0.3 is 9.47 Å². The summed E-state index contributed by atoms with van der Waals surface area (Å²) in [7, 11) is 1.56. The quantitative estimate of drug-likeness (QED) is 0.431. The highest BCUT2D eigenvalue weighted by Crippen LogP contribution is 2.27. The molecule has 1 aromatic carbocycles. The minimum Gasteiger partial charge on any atom is -0.496 e. The van der Waals surface area contributed by atoms with Crippen molar-refractivity contribution in [1.82, 2.24) is 0 Å². The summed E-state index contributed by atoms with van der Waals surface area (Å²) in [5.41, 5.74) is 0.476. The van der Waals surface area contributed by atoms with E-state index in [4.69, 9.17) is 9.47 Å². The first-order chi connectivity index (χ1) is 9.54. The Morgan fingerprint density at radius 3 is 2.50 bits per heavy atom. The number of hydrogen-bond donors (Lipinski definition) is 0. The Hall–Kier alpha value is -1.36. The molecule has 5 heteroatoms. The van der Waals surface area contributed by atoms with E-state index in [0.717, 1.165) is 6.42 Å². The summed E-state index contributed by atoms with van der Waals surface area (Å²) >= 11 is 3.34. The number of benzene rings is 1. The van der Waals surface area contributed by atoms with Crippen LogP contribution in [0.4, 0.5) is 0 Å². The molecule has 4 nitrogen and oxygen atoms in total. The van der Waals surface area contributed by atoms with Gasteiger partial charge in [-0.3, -0.25) is 9.59 Å². The standard InChI is InChI=1S/C15H19BrO4/c1-4-6-11(15(18)20-5-2)14(17)10-7-8-13(19-3)12(16)9-10/h7-9,11H,4-6H2,1-3H3. The van der Waals surface area contributed by atoms with Crippen molar-refractivity contribution in [2.24, 2.45) is 5.92 Å². The summed E-state index contributed by atoms with van der Waals surface area (Å²) in [6.07, 6.45) is 1.23. The highest BCUT2D eigenvalue weighted by Gasteiger charge is 2.28. The van der Waals surface area contributed by atoms with E-state index in [-0.39, 0.29) is 12.4 Å². The fourth-order valence-electron chi connectivity index (χ4n) is 1.91. The Bertz CT molecular complexity index is 485. The van der Waals surface area contributed by atoms with Crippen LogP contribution in [0.2, 0.25) is 0 Å². The predicted octanol–water partition coefficient (Wildman–Crippen LogP) is 3.62. The van der Waals surface area contributed by atoms with E-state index in [2.05, 4.69) is 15.9 Å². The van der Waals surface area contributed by atoms with Gasteiger partial charge in [-0.2, -0.15) is 0 Å². The third-order valence-electron chi connectivity index (χ3n) is 2.90. The largest absolute Gasteiger partial charge is 0.496 e. The molecule has 0 aliphatic heterocycles. The minimum atomic E-state index is -0.736. The number of rotatable bonds is 7. The number of hydrogen-bond acceptors (Lipinski definition) is 4. The molecule has 0 N–H and O–H groups in total. The predicted molar refractivity (Wildman–Crippen MR) is 80.1 cm³/mol. The van der Waals surface area contributed by atoms with Gasteiger partial charge in [0.2, 0.25) is 0 Å². The molecule has 0 aromatic heterocycles. The molecule has 0 aliphatic carbocycles. The van der Waals surface area contributed by atoms with Crippen LogP contribution in [0.15, 0.2) is 22.7 Å². The smallest absolute Gasteiger partial charge is 0.316 e. The lowest BCUT2D eigenvalue weighted by atomic mass is 9.93. The zero-order valence-electron chi connectivity index (χ0n) is 11.9. The lowest BCUT2D eigenvalue weighted by Gasteiger charge is -2.14. The maximum absolute atomic E-state index is 12.4. The molecule has 0 heterocycles. The van der Waals surface area contributed by atoms with Gasteiger partial charge in [-0.1, -0.05) is 13.3 Å². The maximum atomic E-state index is 12.4. The highest BCUT2D eigenvalue weighted by molar-refractivity contribution is 9.10. The van der Waals surface area contributed by atoms with Crippen molar-refractivity contribution in [3.8, 4) is 5.75 Å². The molecule has 1 aromatic rings. The third-order valence-corrected chi connectivity index (χ3v) is 3.52. The summed E-state index contributed by atoms with van der Waals surface area (Å²) in [4.78, 5) is 24.3. The molecule has 110 valence electrons. The van der Waals surface area contributed by atoms with E-state index in [9.17, 15) is 9.59 Å². The average Bonchev–Trinajstić information content (AvgIpc) is 2.44. The normalized spacial score (nSPS) is 11.8. The van der Waals surface area contributed by atoms with Crippen LogP contribution >= 0.6 is 15.9 Å². The van der Waals surface area contributed by atoms with E-state index in [1.165, 1.54) is 0 Å². The first-order valence-electron chi connectivity index (χ1n) is 6.59. The van der Waals surface area contributed by atoms with E-state index in [1.54, 1.807) is 32.2 Å². The summed E-state index contributed by atoms with van der Waals surface area (Å²) < 4.78 is 10.8. The highest BCUT2D eigenvalue weighted by atomic mass is 79.9. The number of ketones is 1. The Morgan fingerprint density at radius 1 is 1.30 bits per heavy atom. The van der Waals surface area contributed by atoms with Crippen LogP contribution in [0.1, 0.15) is 37.0 Å². The second kappa shape index (κ2) is 8.04. The van der Waals surface area contributed by atoms with Crippen LogP contribution in [0.25, 0.3) is 0 Å². The van der Waals surface area contributed by atoms with Crippen LogP contribution in [0, 0.1) is 5.92 Å². The van der Waals surface area contributed by atoms with Crippen LogP contribution < -0.4 is 4.74 Å². The first-order valence-corrected chi connectivity index (χ1v) is 7.38. The second-order valence-electron chi connectivity index (χ2n) is 4.31. The molecular formula is C15H19BrO4. The molecule has 0 amide bonds. The van der Waals surface area contributed by atoms with Gasteiger partial charge in [0.15, 0.2) is 5.78 Å². The number of esters is 1. The number of ether oxygens (including phenoxy) is 2. The van der Waals surface area contributed by atoms with Crippen LogP contribution in [-0.4, -0.2) is 25.5 Å². The lowest BCUT2D eigenvalue weighted by molar-refractivity contribution is -0.146. The topological polar surface area (TPSA) is 52.6 Å². The van der Waals surface area contributed by atoms with Crippen molar-refractivity contribution in [2.45, 2.75) is 26.7 Å². The van der Waals surface area contributed by atoms with Gasteiger partial charge >= 0.3 is 5.97 Å². The van der Waals surface area contributed by atoms with Crippen LogP contribution in [0.5, 0.6) is 5.75 Å². The molecule has 0 saturated heterocycles. The van der Waals surface area contributed by atoms with Crippen LogP contribution in [-0.2, 0) is 9.53 Å². The number of methoxy groups -OCH3 is 1. The molecule has 1 rings (SSSR count). The molecule has 1 unspecified atom stereocenters. The Morgan fingerprint density at radius 2 is 2.00 bits per heavy atom. The number of carbonyl (C=O) groups is 2. The third kappa shape index (κ3) is 4.07. The molecule has 0 radical (unpaired) electrons. The molecule has 0 spiro atoms. The van der Waals surface area contributed by atoms with Gasteiger partial charge in [0.1, 0.15) is 11.7 Å². The van der Waals surface area contributed by atoms with Crippen molar-refractivity contribution in [2.75, 3.05) is 13.7 Å². The van der Waals surface area contributed by atoms with Gasteiger partial charge in [-0.05, 0) is 47.5 Å². The summed E-state index contributed by atoms with van der Waals surface area (Å²) in [5, 5.41) is 0. The van der Waals surface area contributed by atoms with E-state index < -0.39 is 11.9 Å². The average molecular weight is 343 g/mol. The van der Waals surface area contributed by atoms with Gasteiger partial charge in [-0.25, -0.2) is 0 Å². The van der Waals surface area contributed by atoms with E-state index in [0.29, 0.717) is 22.2 Å². The van der Waals surface area contributed by atoms with Gasteiger partial charge in [0, 0.05) is 5.56 Å². The zero-order valence-corrected chi connectivity index (χ0v) is 13.5. The van der Waals surface area contributed by atoms with Crippen molar-refractivity contribution < 1.29 is 19.1 Å². The maximum Gasteiger partial charge on any atom is 0.316 e. The SMILES string of the molecule is CCCC(C(=O)OCC)C(=O)c1ccc(OC)c(Br)c1. The van der Waals surface area contributed by atoms with Gasteiger partial charge in [-0.15, -0.1) is 0 Å². The lowest BCUT2D eigenvalue weighted by Crippen LogP contribution is -2.26. The number of carbonyl (C=O) groups excluding carboxylic acids is 2. The molecule has 1 atom stereocenters. The number of Topliss-reactive ketones (excluding diaryl/α,β-unsaturated/α-hetero) is 1. The second-order valence-corrected chi connectivity index (χ2v) is 5.16. The fraction of sp³-hybridized carbons (Fsp3) is 0.467. The first kappa shape index (κ1) is 16.7. The van der Waals surface area contributed by atoms with Crippen molar-refractivity contribution in [1.29, 1.82) is 0 Å². The van der Waals surface area contributed by atoms with Gasteiger partial charge in [0.25, 0.3) is 0 Å². The molecule has 0 saturated carbocycles. The Kier molecular flexibility index (Phi) is 6.71. The van der Waals surface area contributed by atoms with Crippen molar-refractivity contribution in [3.63, 3.8) is 0 Å². The van der Waals surface area contributed by atoms with E-state index in [1.807, 2.05) is 6.92 Å². The van der Waals surface area contributed by atoms with Gasteiger partial charge in [0.05, 0.1) is 18.2 Å². The summed E-state index contributed by atoms with van der Waals surface area (Å²) in [6, 6.07) is 5.03. The number of halogens is 1. The molecule has 0 bridgehead atoms. The molecule has 20 heavy (non-hydrogen) atoms. The Balaban J connectivity index is 2.99. The molecule has 0 aliphatic rings. The zero-order chi connectivity index (χ0) is 15.1. The summed E-state index contributed by atoms with van der Waals surface area (Å²) in [5.74, 6) is -0.759. The minimum absolute atomic E-state index is 0.214. The van der Waals surface area contributed by atoms with Crippen molar-refractivity contribution >= 4 is 27.7 Å². The monoisotopic (exact) mass is 342 g/mol. The van der Waals surface area contributed by atoms with Crippen molar-refractivity contribution in [3.05, 3.63) is 28.2 Å².